The highest BCUT2D eigenvalue weighted by molar-refractivity contribution is 6.06. The first-order valence-electron chi connectivity index (χ1n) is 12.2. The van der Waals surface area contributed by atoms with Crippen LogP contribution >= 0.6 is 0 Å². The van der Waals surface area contributed by atoms with Gasteiger partial charge in [0, 0.05) is 40.9 Å². The summed E-state index contributed by atoms with van der Waals surface area (Å²) >= 11 is 0. The van der Waals surface area contributed by atoms with E-state index in [1.54, 1.807) is 43.4 Å². The SMILES string of the molecule is CN(C(=O)c1ccc(NC(=O)CNc2cccc(C(=O)Nc3cccc(C(F)(F)F)c3)c2)cc1)c1ccccc1. The number of benzene rings is 4. The highest BCUT2D eigenvalue weighted by atomic mass is 19.4. The summed E-state index contributed by atoms with van der Waals surface area (Å²) in [5.41, 5.74) is 1.53. The number of nitrogens with zero attached hydrogens (tertiary/aromatic N) is 1. The van der Waals surface area contributed by atoms with Crippen LogP contribution in [-0.2, 0) is 11.0 Å². The smallest absolute Gasteiger partial charge is 0.376 e. The first-order valence-corrected chi connectivity index (χ1v) is 12.2. The summed E-state index contributed by atoms with van der Waals surface area (Å²) in [4.78, 5) is 39.3. The number of hydrogen-bond acceptors (Lipinski definition) is 4. The van der Waals surface area contributed by atoms with Crippen molar-refractivity contribution in [2.24, 2.45) is 0 Å². The summed E-state index contributed by atoms with van der Waals surface area (Å²) in [5, 5.41) is 8.09. The number of carbonyl (C=O) groups excluding carboxylic acids is 3. The van der Waals surface area contributed by atoms with Gasteiger partial charge < -0.3 is 20.9 Å². The van der Waals surface area contributed by atoms with Crippen LogP contribution in [0.4, 0.5) is 35.9 Å². The number of carbonyl (C=O) groups is 3. The van der Waals surface area contributed by atoms with Crippen LogP contribution < -0.4 is 20.9 Å². The third-order valence-corrected chi connectivity index (χ3v) is 5.89. The first kappa shape index (κ1) is 27.9. The number of nitrogens with one attached hydrogen (secondary N) is 3. The van der Waals surface area contributed by atoms with Crippen molar-refractivity contribution in [3.05, 3.63) is 120 Å². The average Bonchev–Trinajstić information content (AvgIpc) is 2.96. The molecule has 0 aliphatic rings. The summed E-state index contributed by atoms with van der Waals surface area (Å²) in [7, 11) is 1.68. The highest BCUT2D eigenvalue weighted by Crippen LogP contribution is 2.30. The Hall–Kier alpha value is -5.12. The molecule has 0 spiro atoms. The number of alkyl halides is 3. The normalized spacial score (nSPS) is 10.9. The third kappa shape index (κ3) is 7.25. The lowest BCUT2D eigenvalue weighted by molar-refractivity contribution is -0.137. The molecular formula is C30H25F3N4O3. The van der Waals surface area contributed by atoms with E-state index in [4.69, 9.17) is 0 Å². The minimum absolute atomic E-state index is 0.0111. The monoisotopic (exact) mass is 546 g/mol. The number of halogens is 3. The molecule has 4 aromatic carbocycles. The van der Waals surface area contributed by atoms with Gasteiger partial charge in [-0.2, -0.15) is 13.2 Å². The Bertz CT molecular complexity index is 1510. The van der Waals surface area contributed by atoms with E-state index in [1.165, 1.54) is 29.2 Å². The summed E-state index contributed by atoms with van der Waals surface area (Å²) in [6, 6.07) is 26.3. The molecule has 0 aliphatic heterocycles. The fourth-order valence-corrected chi connectivity index (χ4v) is 3.79. The van der Waals surface area contributed by atoms with Crippen molar-refractivity contribution in [1.82, 2.24) is 0 Å². The Morgan fingerprint density at radius 3 is 2.08 bits per heavy atom. The molecule has 0 aliphatic carbocycles. The standard InChI is InChI=1S/C30H25F3N4O3/c1-37(26-11-3-2-4-12-26)29(40)20-13-15-23(16-14-20)35-27(38)19-34-24-9-5-7-21(17-24)28(39)36-25-10-6-8-22(18-25)30(31,32)33/h2-18,34H,19H2,1H3,(H,35,38)(H,36,39). The fourth-order valence-electron chi connectivity index (χ4n) is 3.79. The van der Waals surface area contributed by atoms with Gasteiger partial charge in [-0.25, -0.2) is 0 Å². The van der Waals surface area contributed by atoms with Crippen LogP contribution in [0.15, 0.2) is 103 Å². The molecule has 0 unspecified atom stereocenters. The quantitative estimate of drug-likeness (QED) is 0.243. The van der Waals surface area contributed by atoms with Gasteiger partial charge in [0.2, 0.25) is 5.91 Å². The van der Waals surface area contributed by atoms with Gasteiger partial charge in [0.15, 0.2) is 0 Å². The van der Waals surface area contributed by atoms with Crippen molar-refractivity contribution < 1.29 is 27.6 Å². The number of hydrogen-bond donors (Lipinski definition) is 3. The van der Waals surface area contributed by atoms with Gasteiger partial charge in [-0.3, -0.25) is 14.4 Å². The van der Waals surface area contributed by atoms with E-state index in [0.29, 0.717) is 16.9 Å². The van der Waals surface area contributed by atoms with Gasteiger partial charge in [-0.1, -0.05) is 30.3 Å². The number of para-hydroxylation sites is 1. The van der Waals surface area contributed by atoms with Gasteiger partial charge in [0.1, 0.15) is 0 Å². The van der Waals surface area contributed by atoms with Crippen LogP contribution in [0.25, 0.3) is 0 Å². The maximum atomic E-state index is 12.9. The van der Waals surface area contributed by atoms with Gasteiger partial charge in [-0.15, -0.1) is 0 Å². The first-order chi connectivity index (χ1) is 19.1. The van der Waals surface area contributed by atoms with E-state index in [9.17, 15) is 27.6 Å². The molecule has 204 valence electrons. The van der Waals surface area contributed by atoms with Crippen molar-refractivity contribution in [3.63, 3.8) is 0 Å². The topological polar surface area (TPSA) is 90.5 Å². The molecule has 0 saturated heterocycles. The summed E-state index contributed by atoms with van der Waals surface area (Å²) in [5.74, 6) is -1.15. The van der Waals surface area contributed by atoms with Crippen molar-refractivity contribution in [2.45, 2.75) is 6.18 Å². The summed E-state index contributed by atoms with van der Waals surface area (Å²) in [6.45, 7) is -0.115. The molecular weight excluding hydrogens is 521 g/mol. The zero-order valence-electron chi connectivity index (χ0n) is 21.3. The van der Waals surface area contributed by atoms with E-state index >= 15 is 0 Å². The Balaban J connectivity index is 1.31. The Labute approximate surface area is 228 Å². The molecule has 0 atom stereocenters. The second kappa shape index (κ2) is 12.2. The van der Waals surface area contributed by atoms with Crippen LogP contribution in [0.3, 0.4) is 0 Å². The molecule has 0 saturated carbocycles. The molecule has 0 bridgehead atoms. The van der Waals surface area contributed by atoms with Crippen molar-refractivity contribution in [3.8, 4) is 0 Å². The second-order valence-corrected chi connectivity index (χ2v) is 8.79. The molecule has 4 aromatic rings. The van der Waals surface area contributed by atoms with Crippen LogP contribution in [0.2, 0.25) is 0 Å². The summed E-state index contributed by atoms with van der Waals surface area (Å²) < 4.78 is 38.8. The fraction of sp³-hybridized carbons (Fsp3) is 0.100. The van der Waals surface area contributed by atoms with E-state index in [-0.39, 0.29) is 29.6 Å². The number of amides is 3. The minimum atomic E-state index is -4.52. The van der Waals surface area contributed by atoms with Crippen LogP contribution in [0.5, 0.6) is 0 Å². The van der Waals surface area contributed by atoms with Gasteiger partial charge in [0.05, 0.1) is 12.1 Å². The largest absolute Gasteiger partial charge is 0.416 e. The third-order valence-electron chi connectivity index (χ3n) is 5.89. The predicted octanol–water partition coefficient (Wildman–Crippen LogP) is 6.28. The van der Waals surface area contributed by atoms with Crippen molar-refractivity contribution in [1.29, 1.82) is 0 Å². The summed E-state index contributed by atoms with van der Waals surface area (Å²) in [6.07, 6.45) is -4.52. The molecule has 3 N–H and O–H groups in total. The number of rotatable bonds is 8. The van der Waals surface area contributed by atoms with E-state index in [0.717, 1.165) is 17.8 Å². The van der Waals surface area contributed by atoms with Crippen LogP contribution in [-0.4, -0.2) is 31.3 Å². The lowest BCUT2D eigenvalue weighted by Crippen LogP contribution is -2.26. The minimum Gasteiger partial charge on any atom is -0.376 e. The van der Waals surface area contributed by atoms with E-state index in [2.05, 4.69) is 16.0 Å². The molecule has 10 heteroatoms. The Kier molecular flexibility index (Phi) is 8.48. The average molecular weight is 547 g/mol. The van der Waals surface area contributed by atoms with Crippen LogP contribution in [0.1, 0.15) is 26.3 Å². The second-order valence-electron chi connectivity index (χ2n) is 8.79. The molecule has 0 radical (unpaired) electrons. The lowest BCUT2D eigenvalue weighted by Gasteiger charge is -2.17. The zero-order valence-corrected chi connectivity index (χ0v) is 21.3. The Morgan fingerprint density at radius 2 is 1.38 bits per heavy atom. The molecule has 7 nitrogen and oxygen atoms in total. The Morgan fingerprint density at radius 1 is 0.700 bits per heavy atom. The molecule has 3 amide bonds. The molecule has 4 rings (SSSR count). The van der Waals surface area contributed by atoms with Gasteiger partial charge in [0.25, 0.3) is 11.8 Å². The van der Waals surface area contributed by atoms with Gasteiger partial charge >= 0.3 is 6.18 Å². The maximum absolute atomic E-state index is 12.9. The van der Waals surface area contributed by atoms with Crippen LogP contribution in [0, 0.1) is 0 Å². The van der Waals surface area contributed by atoms with Gasteiger partial charge in [-0.05, 0) is 72.8 Å². The van der Waals surface area contributed by atoms with E-state index < -0.39 is 17.6 Å². The van der Waals surface area contributed by atoms with Crippen molar-refractivity contribution >= 4 is 40.5 Å². The highest BCUT2D eigenvalue weighted by Gasteiger charge is 2.30. The zero-order chi connectivity index (χ0) is 28.7. The lowest BCUT2D eigenvalue weighted by atomic mass is 10.1. The molecule has 0 fully saturated rings. The predicted molar refractivity (Wildman–Crippen MR) is 149 cm³/mol. The molecule has 0 aromatic heterocycles. The number of anilines is 4. The molecule has 0 heterocycles. The molecule has 40 heavy (non-hydrogen) atoms. The van der Waals surface area contributed by atoms with E-state index in [1.807, 2.05) is 30.3 Å². The van der Waals surface area contributed by atoms with Crippen molar-refractivity contribution in [2.75, 3.05) is 34.4 Å². The maximum Gasteiger partial charge on any atom is 0.416 e.